The van der Waals surface area contributed by atoms with E-state index in [0.29, 0.717) is 17.7 Å². The number of aromatic amines is 1. The summed E-state index contributed by atoms with van der Waals surface area (Å²) < 4.78 is 0. The van der Waals surface area contributed by atoms with Crippen molar-refractivity contribution >= 4 is 107 Å². The van der Waals surface area contributed by atoms with E-state index < -0.39 is 168 Å². The molecule has 0 unspecified atom stereocenters. The van der Waals surface area contributed by atoms with Crippen LogP contribution in [0.5, 0.6) is 0 Å². The molecule has 1 aromatic carbocycles. The molecule has 31 N–H and O–H groups in total. The predicted molar refractivity (Wildman–Crippen MR) is 408 cm³/mol. The first-order chi connectivity index (χ1) is 50.8. The maximum atomic E-state index is 14.9. The van der Waals surface area contributed by atoms with Crippen LogP contribution in [0.25, 0.3) is 0 Å². The van der Waals surface area contributed by atoms with Gasteiger partial charge in [-0.2, -0.15) is 12.6 Å². The molecule has 0 saturated carbocycles. The molecule has 2 rings (SSSR count). The highest BCUT2D eigenvalue weighted by Gasteiger charge is 2.39. The number of amides is 13. The summed E-state index contributed by atoms with van der Waals surface area (Å²) in [7, 11) is 0. The molecule has 0 saturated heterocycles. The molecule has 2 aromatic rings. The van der Waals surface area contributed by atoms with Crippen molar-refractivity contribution in [2.45, 2.75) is 224 Å². The molecule has 0 radical (unpaired) electrons. The number of thiol groups is 1. The molecule has 1 heterocycles. The molecule has 0 fully saturated rings. The largest absolute Gasteiger partial charge is 0.391 e. The van der Waals surface area contributed by atoms with Gasteiger partial charge in [-0.1, -0.05) is 92.1 Å². The predicted octanol–water partition coefficient (Wildman–Crippen LogP) is -6.13. The van der Waals surface area contributed by atoms with Gasteiger partial charge >= 0.3 is 0 Å². The number of carbonyl (C=O) groups excluding carboxylic acids is 13. The fourth-order valence-corrected chi connectivity index (χ4v) is 11.1. The lowest BCUT2D eigenvalue weighted by molar-refractivity contribution is -0.137. The Labute approximate surface area is 634 Å². The van der Waals surface area contributed by atoms with Crippen molar-refractivity contribution in [1.29, 1.82) is 0 Å². The molecule has 0 aliphatic carbocycles. The topological polar surface area (TPSA) is 674 Å². The Morgan fingerprint density at radius 2 is 0.796 bits per heavy atom. The lowest BCUT2D eigenvalue weighted by Gasteiger charge is -2.30. The normalized spacial score (nSPS) is 15.1. The summed E-state index contributed by atoms with van der Waals surface area (Å²) in [5.41, 5.74) is 51.5. The van der Waals surface area contributed by atoms with E-state index in [0.717, 1.165) is 0 Å². The third kappa shape index (κ3) is 36.3. The van der Waals surface area contributed by atoms with Crippen LogP contribution >= 0.6 is 12.6 Å². The number of hydrogen-bond donors (Lipinski definition) is 23. The van der Waals surface area contributed by atoms with Gasteiger partial charge in [0.1, 0.15) is 72.5 Å². The molecule has 0 spiro atoms. The van der Waals surface area contributed by atoms with Crippen molar-refractivity contribution < 1.29 is 67.4 Å². The summed E-state index contributed by atoms with van der Waals surface area (Å²) in [6.07, 6.45) is 0.308. The lowest BCUT2D eigenvalue weighted by atomic mass is 9.96. The van der Waals surface area contributed by atoms with E-state index in [2.05, 4.69) is 96.1 Å². The number of benzene rings is 1. The number of rotatable bonds is 51. The molecule has 40 heteroatoms. The van der Waals surface area contributed by atoms with Crippen LogP contribution in [-0.2, 0) is 75.2 Å². The van der Waals surface area contributed by atoms with E-state index in [1.165, 1.54) is 19.4 Å². The van der Waals surface area contributed by atoms with Gasteiger partial charge in [0.15, 0.2) is 17.9 Å². The Balaban J connectivity index is 2.68. The third-order valence-electron chi connectivity index (χ3n) is 16.8. The molecular formula is C68H117N25O14S. The van der Waals surface area contributed by atoms with Crippen LogP contribution in [0.1, 0.15) is 144 Å². The summed E-state index contributed by atoms with van der Waals surface area (Å²) in [6, 6.07) is -8.88. The van der Waals surface area contributed by atoms with E-state index in [1.807, 2.05) is 0 Å². The molecule has 0 bridgehead atoms. The average Bonchev–Trinajstić information content (AvgIpc) is 1.03. The minimum atomic E-state index is -1.73. The van der Waals surface area contributed by atoms with Crippen LogP contribution in [0, 0.1) is 23.7 Å². The van der Waals surface area contributed by atoms with Crippen molar-refractivity contribution in [3.8, 4) is 0 Å². The van der Waals surface area contributed by atoms with E-state index >= 15 is 0 Å². The third-order valence-corrected chi connectivity index (χ3v) is 17.1. The zero-order valence-electron chi connectivity index (χ0n) is 63.1. The Bertz CT molecular complexity index is 3350. The van der Waals surface area contributed by atoms with E-state index in [1.54, 1.807) is 85.7 Å². The van der Waals surface area contributed by atoms with Gasteiger partial charge in [-0.15, -0.1) is 0 Å². The maximum absolute atomic E-state index is 14.9. The van der Waals surface area contributed by atoms with Crippen LogP contribution in [-0.4, -0.2) is 214 Å². The minimum Gasteiger partial charge on any atom is -0.391 e. The summed E-state index contributed by atoms with van der Waals surface area (Å²) in [4.78, 5) is 201. The number of guanidine groups is 3. The standard InChI is InChI=1S/C68H117N25O14S/c1-10-37(8)53(93-57(99)43(21-16-24-81-68(76)77)85-62(104)48(29-40-31-78-33-82-40)90-64(106)52(70)38(9)94)65(107)91-46(27-36(6)7)58(100)84-41(19-14-22-79-66(72)73)55(97)83-42(20-15-23-80-67(74)75)56(98)86-44(25-34(2)3)59(101)88-47(28-39-17-12-11-13-18-39)61(103)89-49(30-51(69)95)63(105)87-45(26-35(4)5)60(102)92-50(32-108)54(71)96/h11-13,17-18,31,33-38,41-50,52-53,94,108H,10,14-16,19-30,32,70H2,1-9H3,(H2,69,95)(H2,71,96)(H,78,82)(H,83,97)(H,84,100)(H,85,104)(H,86,98)(H,87,105)(H,88,101)(H,89,103)(H,90,106)(H,91,107)(H,92,102)(H,93,99)(H4,72,73,79)(H4,74,75,80)(H4,76,77,81)/t37-,38+,41-,42-,43-,44-,45-,46-,47-,48-,49-,50-,52-,53-/m0/s1. The number of aliphatic hydroxyl groups is 1. The van der Waals surface area contributed by atoms with Gasteiger partial charge in [-0.25, -0.2) is 4.98 Å². The molecule has 604 valence electrons. The molecule has 108 heavy (non-hydrogen) atoms. The quantitative estimate of drug-likeness (QED) is 0.0127. The second kappa shape index (κ2) is 48.7. The number of aliphatic hydroxyl groups excluding tert-OH is 1. The fraction of sp³-hybridized carbons (Fsp3) is 0.632. The number of hydrogen-bond acceptors (Lipinski definition) is 20. The van der Waals surface area contributed by atoms with Crippen molar-refractivity contribution in [3.05, 3.63) is 54.1 Å². The number of carbonyl (C=O) groups is 13. The summed E-state index contributed by atoms with van der Waals surface area (Å²) >= 11 is 4.07. The molecule has 13 amide bonds. The van der Waals surface area contributed by atoms with Gasteiger partial charge in [-0.3, -0.25) is 77.3 Å². The van der Waals surface area contributed by atoms with Gasteiger partial charge in [-0.05, 0) is 93.9 Å². The minimum absolute atomic E-state index is 0.0167. The molecule has 0 aliphatic heterocycles. The highest BCUT2D eigenvalue weighted by atomic mass is 32.1. The van der Waals surface area contributed by atoms with Crippen LogP contribution in [0.3, 0.4) is 0 Å². The number of nitrogens with two attached hydrogens (primary N) is 9. The van der Waals surface area contributed by atoms with Crippen molar-refractivity contribution in [1.82, 2.24) is 68.5 Å². The number of H-pyrrole nitrogens is 1. The molecule has 14 atom stereocenters. The van der Waals surface area contributed by atoms with Crippen molar-refractivity contribution in [3.63, 3.8) is 0 Å². The van der Waals surface area contributed by atoms with Gasteiger partial charge < -0.3 is 120 Å². The second-order valence-electron chi connectivity index (χ2n) is 27.7. The number of nitrogens with zero attached hydrogens (tertiary/aromatic N) is 4. The van der Waals surface area contributed by atoms with E-state index in [9.17, 15) is 67.4 Å². The van der Waals surface area contributed by atoms with Gasteiger partial charge in [0, 0.05) is 50.1 Å². The monoisotopic (exact) mass is 1540 g/mol. The van der Waals surface area contributed by atoms with Crippen molar-refractivity contribution in [2.24, 2.45) is 90.3 Å². The fourth-order valence-electron chi connectivity index (χ4n) is 10.8. The number of aromatic nitrogens is 2. The number of nitrogens with one attached hydrogen (secondary N) is 12. The zero-order valence-corrected chi connectivity index (χ0v) is 64.0. The molecule has 0 aliphatic rings. The van der Waals surface area contributed by atoms with E-state index in [-0.39, 0.29) is 132 Å². The molecular weight excluding hydrogens is 1420 g/mol. The average molecular weight is 1540 g/mol. The Morgan fingerprint density at radius 3 is 1.16 bits per heavy atom. The Hall–Kier alpha value is -10.4. The van der Waals surface area contributed by atoms with Gasteiger partial charge in [0.05, 0.1) is 18.9 Å². The number of aliphatic imine (C=N–C) groups is 3. The smallest absolute Gasteiger partial charge is 0.243 e. The first-order valence-corrected chi connectivity index (χ1v) is 36.5. The van der Waals surface area contributed by atoms with Gasteiger partial charge in [0.2, 0.25) is 76.8 Å². The first kappa shape index (κ1) is 93.7. The van der Waals surface area contributed by atoms with Crippen LogP contribution in [0.2, 0.25) is 0 Å². The molecule has 39 nitrogen and oxygen atoms in total. The molecule has 1 aromatic heterocycles. The van der Waals surface area contributed by atoms with Crippen LogP contribution < -0.4 is 110 Å². The highest BCUT2D eigenvalue weighted by Crippen LogP contribution is 2.16. The lowest BCUT2D eigenvalue weighted by Crippen LogP contribution is -2.62. The van der Waals surface area contributed by atoms with Gasteiger partial charge in [0.25, 0.3) is 0 Å². The second-order valence-corrected chi connectivity index (χ2v) is 28.1. The first-order valence-electron chi connectivity index (χ1n) is 35.9. The SMILES string of the molecule is CC[C@H](C)[C@H](NC(=O)[C@H](CCCN=C(N)N)NC(=O)[C@H](Cc1cnc[nH]1)NC(=O)[C@@H](N)[C@@H](C)O)C(=O)N[C@@H](CC(C)C)C(=O)N[C@@H](CCCN=C(N)N)C(=O)N[C@@H](CCCN=C(N)N)C(=O)N[C@@H](CC(C)C)C(=O)N[C@@H](Cc1ccccc1)C(=O)N[C@@H](CC(N)=O)C(=O)N[C@@H](CC(C)C)C(=O)N[C@@H](CS)C(N)=O. The van der Waals surface area contributed by atoms with E-state index in [4.69, 9.17) is 51.6 Å². The van der Waals surface area contributed by atoms with Crippen molar-refractivity contribution in [2.75, 3.05) is 25.4 Å². The zero-order chi connectivity index (χ0) is 81.5. The number of primary amides is 2. The number of imidazole rings is 1. The van der Waals surface area contributed by atoms with Crippen LogP contribution in [0.4, 0.5) is 0 Å². The Morgan fingerprint density at radius 1 is 0.454 bits per heavy atom. The summed E-state index contributed by atoms with van der Waals surface area (Å²) in [5, 5.41) is 39.0. The summed E-state index contributed by atoms with van der Waals surface area (Å²) in [5.74, 6) is -14.3. The summed E-state index contributed by atoms with van der Waals surface area (Å²) in [6.45, 7) is 15.2. The highest BCUT2D eigenvalue weighted by molar-refractivity contribution is 7.80. The Kier molecular flexibility index (Phi) is 42.3. The maximum Gasteiger partial charge on any atom is 0.243 e. The van der Waals surface area contributed by atoms with Crippen LogP contribution in [0.15, 0.2) is 57.8 Å².